The van der Waals surface area contributed by atoms with E-state index in [-0.39, 0.29) is 11.8 Å². The Morgan fingerprint density at radius 1 is 0.963 bits per heavy atom. The first-order valence-electron chi connectivity index (χ1n) is 9.15. The van der Waals surface area contributed by atoms with Gasteiger partial charge in [-0.25, -0.2) is 0 Å². The minimum atomic E-state index is -0.111. The largest absolute Gasteiger partial charge is 0.496 e. The number of hydrogen-bond donors (Lipinski definition) is 1. The van der Waals surface area contributed by atoms with Gasteiger partial charge in [-0.2, -0.15) is 0 Å². The van der Waals surface area contributed by atoms with Crippen molar-refractivity contribution >= 4 is 11.6 Å². The normalized spacial score (nSPS) is 10.7. The van der Waals surface area contributed by atoms with Gasteiger partial charge in [0.2, 0.25) is 0 Å². The maximum absolute atomic E-state index is 13.0. The number of amides is 1. The van der Waals surface area contributed by atoms with Crippen LogP contribution >= 0.6 is 0 Å². The maximum Gasteiger partial charge on any atom is 0.255 e. The van der Waals surface area contributed by atoms with Crippen molar-refractivity contribution in [2.45, 2.75) is 26.7 Å². The van der Waals surface area contributed by atoms with Crippen LogP contribution < -0.4 is 10.1 Å². The van der Waals surface area contributed by atoms with Gasteiger partial charge in [0.05, 0.1) is 7.11 Å². The van der Waals surface area contributed by atoms with Crippen LogP contribution in [0.25, 0.3) is 11.1 Å². The van der Waals surface area contributed by atoms with Crippen LogP contribution in [-0.2, 0) is 0 Å². The van der Waals surface area contributed by atoms with Crippen molar-refractivity contribution in [3.8, 4) is 16.9 Å². The van der Waals surface area contributed by atoms with Crippen molar-refractivity contribution in [1.29, 1.82) is 0 Å². The lowest BCUT2D eigenvalue weighted by Gasteiger charge is -2.17. The molecule has 0 aliphatic carbocycles. The van der Waals surface area contributed by atoms with Crippen molar-refractivity contribution < 1.29 is 9.53 Å². The SMILES string of the molecule is COc1cc(C)c(C(=O)Nc2ccccc2-c2ccccc2)cc1C(C)C. The molecule has 0 unspecified atom stereocenters. The monoisotopic (exact) mass is 359 g/mol. The van der Waals surface area contributed by atoms with Gasteiger partial charge in [0.15, 0.2) is 0 Å². The number of methoxy groups -OCH3 is 1. The molecule has 1 N–H and O–H groups in total. The smallest absolute Gasteiger partial charge is 0.255 e. The van der Waals surface area contributed by atoms with Crippen molar-refractivity contribution in [3.05, 3.63) is 83.4 Å². The van der Waals surface area contributed by atoms with Gasteiger partial charge < -0.3 is 10.1 Å². The number of carbonyl (C=O) groups is 1. The van der Waals surface area contributed by atoms with Gasteiger partial charge >= 0.3 is 0 Å². The number of hydrogen-bond acceptors (Lipinski definition) is 2. The highest BCUT2D eigenvalue weighted by Gasteiger charge is 2.17. The Morgan fingerprint density at radius 3 is 2.30 bits per heavy atom. The molecule has 3 aromatic rings. The number of anilines is 1. The van der Waals surface area contributed by atoms with Crippen LogP contribution in [0.2, 0.25) is 0 Å². The molecule has 3 aromatic carbocycles. The molecule has 0 aliphatic heterocycles. The summed E-state index contributed by atoms with van der Waals surface area (Å²) in [5.41, 5.74) is 5.47. The average Bonchev–Trinajstić information content (AvgIpc) is 2.68. The molecule has 0 saturated heterocycles. The summed E-state index contributed by atoms with van der Waals surface area (Å²) < 4.78 is 5.49. The van der Waals surface area contributed by atoms with E-state index in [1.54, 1.807) is 7.11 Å². The molecule has 3 heteroatoms. The first kappa shape index (κ1) is 18.7. The number of nitrogens with one attached hydrogen (secondary N) is 1. The van der Waals surface area contributed by atoms with Gasteiger partial charge in [0.25, 0.3) is 5.91 Å². The van der Waals surface area contributed by atoms with Crippen molar-refractivity contribution in [2.75, 3.05) is 12.4 Å². The number of aryl methyl sites for hydroxylation is 1. The first-order chi connectivity index (χ1) is 13.0. The lowest BCUT2D eigenvalue weighted by Crippen LogP contribution is -2.15. The lowest BCUT2D eigenvalue weighted by atomic mass is 9.96. The zero-order valence-corrected chi connectivity index (χ0v) is 16.2. The van der Waals surface area contributed by atoms with E-state index in [1.165, 1.54) is 0 Å². The summed E-state index contributed by atoms with van der Waals surface area (Å²) in [6, 6.07) is 21.8. The lowest BCUT2D eigenvalue weighted by molar-refractivity contribution is 0.102. The van der Waals surface area contributed by atoms with Crippen LogP contribution in [0, 0.1) is 6.92 Å². The molecule has 3 nitrogen and oxygen atoms in total. The highest BCUT2D eigenvalue weighted by Crippen LogP contribution is 2.31. The van der Waals surface area contributed by atoms with E-state index in [4.69, 9.17) is 4.74 Å². The highest BCUT2D eigenvalue weighted by atomic mass is 16.5. The fourth-order valence-electron chi connectivity index (χ4n) is 3.22. The Hall–Kier alpha value is -3.07. The van der Waals surface area contributed by atoms with E-state index in [2.05, 4.69) is 19.2 Å². The van der Waals surface area contributed by atoms with Crippen LogP contribution in [0.15, 0.2) is 66.7 Å². The zero-order chi connectivity index (χ0) is 19.4. The zero-order valence-electron chi connectivity index (χ0n) is 16.2. The van der Waals surface area contributed by atoms with Gasteiger partial charge in [0, 0.05) is 16.8 Å². The molecule has 1 amide bonds. The second-order valence-electron chi connectivity index (χ2n) is 6.93. The van der Waals surface area contributed by atoms with Crippen molar-refractivity contribution in [1.82, 2.24) is 0 Å². The highest BCUT2D eigenvalue weighted by molar-refractivity contribution is 6.07. The fourth-order valence-corrected chi connectivity index (χ4v) is 3.22. The molecule has 0 saturated carbocycles. The number of para-hydroxylation sites is 1. The van der Waals surface area contributed by atoms with Crippen LogP contribution in [-0.4, -0.2) is 13.0 Å². The first-order valence-corrected chi connectivity index (χ1v) is 9.15. The van der Waals surface area contributed by atoms with Gasteiger partial charge in [-0.15, -0.1) is 0 Å². The molecule has 0 aromatic heterocycles. The Bertz CT molecular complexity index is 946. The van der Waals surface area contributed by atoms with Gasteiger partial charge in [0.1, 0.15) is 5.75 Å². The number of carbonyl (C=O) groups excluding carboxylic acids is 1. The van der Waals surface area contributed by atoms with Gasteiger partial charge in [-0.1, -0.05) is 62.4 Å². The molecular formula is C24H25NO2. The second kappa shape index (κ2) is 8.09. The molecule has 0 bridgehead atoms. The molecular weight excluding hydrogens is 334 g/mol. The third kappa shape index (κ3) is 4.03. The maximum atomic E-state index is 13.0. The van der Waals surface area contributed by atoms with E-state index >= 15 is 0 Å². The summed E-state index contributed by atoms with van der Waals surface area (Å²) in [4.78, 5) is 13.0. The van der Waals surface area contributed by atoms with Crippen molar-refractivity contribution in [2.24, 2.45) is 0 Å². The second-order valence-corrected chi connectivity index (χ2v) is 6.93. The van der Waals surface area contributed by atoms with E-state index in [1.807, 2.05) is 73.7 Å². The van der Waals surface area contributed by atoms with E-state index in [0.717, 1.165) is 33.7 Å². The minimum absolute atomic E-state index is 0.111. The molecule has 0 aliphatic rings. The fraction of sp³-hybridized carbons (Fsp3) is 0.208. The summed E-state index contributed by atoms with van der Waals surface area (Å²) in [6.45, 7) is 6.13. The average molecular weight is 359 g/mol. The Balaban J connectivity index is 1.97. The molecule has 0 radical (unpaired) electrons. The van der Waals surface area contributed by atoms with Crippen LogP contribution in [0.5, 0.6) is 5.75 Å². The molecule has 0 heterocycles. The third-order valence-electron chi connectivity index (χ3n) is 4.70. The van der Waals surface area contributed by atoms with Crippen LogP contribution in [0.4, 0.5) is 5.69 Å². The van der Waals surface area contributed by atoms with E-state index in [9.17, 15) is 4.79 Å². The van der Waals surface area contributed by atoms with Gasteiger partial charge in [-0.3, -0.25) is 4.79 Å². The van der Waals surface area contributed by atoms with E-state index in [0.29, 0.717) is 5.56 Å². The van der Waals surface area contributed by atoms with Gasteiger partial charge in [-0.05, 0) is 47.7 Å². The summed E-state index contributed by atoms with van der Waals surface area (Å²) in [5, 5.41) is 3.09. The number of benzene rings is 3. The Morgan fingerprint density at radius 2 is 1.63 bits per heavy atom. The van der Waals surface area contributed by atoms with Crippen molar-refractivity contribution in [3.63, 3.8) is 0 Å². The quantitative estimate of drug-likeness (QED) is 0.602. The van der Waals surface area contributed by atoms with E-state index < -0.39 is 0 Å². The number of rotatable bonds is 5. The predicted molar refractivity (Wildman–Crippen MR) is 112 cm³/mol. The Kier molecular flexibility index (Phi) is 5.60. The molecule has 138 valence electrons. The minimum Gasteiger partial charge on any atom is -0.496 e. The van der Waals surface area contributed by atoms with Crippen LogP contribution in [0.3, 0.4) is 0 Å². The molecule has 0 fully saturated rings. The summed E-state index contributed by atoms with van der Waals surface area (Å²) >= 11 is 0. The Labute approximate surface area is 161 Å². The molecule has 27 heavy (non-hydrogen) atoms. The third-order valence-corrected chi connectivity index (χ3v) is 4.70. The summed E-state index contributed by atoms with van der Waals surface area (Å²) in [5.74, 6) is 0.980. The summed E-state index contributed by atoms with van der Waals surface area (Å²) in [6.07, 6.45) is 0. The topological polar surface area (TPSA) is 38.3 Å². The molecule has 0 spiro atoms. The standard InChI is InChI=1S/C24H25NO2/c1-16(2)20-15-21(17(3)14-23(20)27-4)24(26)25-22-13-9-8-12-19(22)18-10-6-5-7-11-18/h5-16H,1-4H3,(H,25,26). The number of ether oxygens (including phenoxy) is 1. The molecule has 0 atom stereocenters. The van der Waals surface area contributed by atoms with Crippen LogP contribution in [0.1, 0.15) is 41.3 Å². The predicted octanol–water partition coefficient (Wildman–Crippen LogP) is 6.05. The summed E-state index contributed by atoms with van der Waals surface area (Å²) in [7, 11) is 1.66. The molecule has 3 rings (SSSR count).